The van der Waals surface area contributed by atoms with Gasteiger partial charge in [-0.2, -0.15) is 13.2 Å². The van der Waals surface area contributed by atoms with E-state index in [1.165, 1.54) is 0 Å². The van der Waals surface area contributed by atoms with Gasteiger partial charge in [-0.15, -0.1) is 0 Å². The summed E-state index contributed by atoms with van der Waals surface area (Å²) in [5.74, 6) is 0. The minimum atomic E-state index is -4.63. The molecule has 1 aromatic rings. The number of nitrogens with zero attached hydrogens (tertiary/aromatic N) is 2. The van der Waals surface area contributed by atoms with Crippen LogP contribution in [-0.4, -0.2) is 17.4 Å². The molecule has 8 heteroatoms. The van der Waals surface area contributed by atoms with Crippen LogP contribution in [-0.2, 0) is 10.4 Å². The Bertz CT molecular complexity index is 448. The molecule has 3 nitrogen and oxygen atoms in total. The molecule has 0 radical (unpaired) electrons. The van der Waals surface area contributed by atoms with Crippen molar-refractivity contribution in [1.29, 1.82) is 0 Å². The van der Waals surface area contributed by atoms with Crippen LogP contribution in [0.2, 0.25) is 10.3 Å². The third-order valence-corrected chi connectivity index (χ3v) is 2.74. The average Bonchev–Trinajstić information content (AvgIpc) is 2.64. The second kappa shape index (κ2) is 4.03. The van der Waals surface area contributed by atoms with Gasteiger partial charge in [0.2, 0.25) is 0 Å². The Hall–Kier alpha value is -1.01. The standard InChI is InChI=1S/C9H5Cl2F3N2O/c10-6-3-5(4-7(11)16-6)8(9(12,13)14)1-2-15-17-8/h2-4H,1H2. The molecule has 0 aliphatic carbocycles. The summed E-state index contributed by atoms with van der Waals surface area (Å²) in [5, 5.41) is 2.92. The Balaban J connectivity index is 2.54. The lowest BCUT2D eigenvalue weighted by atomic mass is 9.91. The average molecular weight is 285 g/mol. The minimum absolute atomic E-state index is 0.133. The van der Waals surface area contributed by atoms with Gasteiger partial charge in [-0.1, -0.05) is 28.4 Å². The van der Waals surface area contributed by atoms with Gasteiger partial charge >= 0.3 is 6.18 Å². The lowest BCUT2D eigenvalue weighted by Gasteiger charge is -2.29. The fourth-order valence-corrected chi connectivity index (χ4v) is 1.99. The van der Waals surface area contributed by atoms with Crippen molar-refractivity contribution in [3.8, 4) is 0 Å². The number of rotatable bonds is 1. The highest BCUT2D eigenvalue weighted by atomic mass is 35.5. The molecule has 17 heavy (non-hydrogen) atoms. The number of pyridine rings is 1. The van der Waals surface area contributed by atoms with Crippen molar-refractivity contribution in [3.63, 3.8) is 0 Å². The van der Waals surface area contributed by atoms with E-state index in [9.17, 15) is 13.2 Å². The summed E-state index contributed by atoms with van der Waals surface area (Å²) in [7, 11) is 0. The van der Waals surface area contributed by atoms with Crippen LogP contribution in [0.25, 0.3) is 0 Å². The zero-order valence-electron chi connectivity index (χ0n) is 8.13. The zero-order chi connectivity index (χ0) is 12.7. The van der Waals surface area contributed by atoms with E-state index < -0.39 is 18.2 Å². The lowest BCUT2D eigenvalue weighted by molar-refractivity contribution is -0.275. The quantitative estimate of drug-likeness (QED) is 0.739. The smallest absolute Gasteiger partial charge is 0.375 e. The van der Waals surface area contributed by atoms with E-state index in [0.29, 0.717) is 0 Å². The normalized spacial score (nSPS) is 23.8. The third-order valence-electron chi connectivity index (χ3n) is 2.35. The van der Waals surface area contributed by atoms with Crippen molar-refractivity contribution < 1.29 is 18.0 Å². The first-order chi connectivity index (χ1) is 7.85. The van der Waals surface area contributed by atoms with E-state index in [4.69, 9.17) is 23.2 Å². The van der Waals surface area contributed by atoms with E-state index in [-0.39, 0.29) is 15.9 Å². The predicted octanol–water partition coefficient (Wildman–Crippen LogP) is 3.55. The van der Waals surface area contributed by atoms with Gasteiger partial charge in [0, 0.05) is 18.2 Å². The molecule has 0 bridgehead atoms. The third kappa shape index (κ3) is 2.07. The number of hydrogen-bond acceptors (Lipinski definition) is 3. The van der Waals surface area contributed by atoms with Gasteiger partial charge < -0.3 is 4.84 Å². The van der Waals surface area contributed by atoms with Crippen LogP contribution in [0.5, 0.6) is 0 Å². The topological polar surface area (TPSA) is 34.5 Å². The highest BCUT2D eigenvalue weighted by Crippen LogP contribution is 2.47. The molecule has 1 aliphatic heterocycles. The molecule has 0 saturated carbocycles. The molecular formula is C9H5Cl2F3N2O. The number of hydrogen-bond donors (Lipinski definition) is 0. The highest BCUT2D eigenvalue weighted by Gasteiger charge is 2.60. The molecule has 0 aromatic carbocycles. The Morgan fingerprint density at radius 1 is 1.24 bits per heavy atom. The van der Waals surface area contributed by atoms with Gasteiger partial charge in [-0.05, 0) is 12.1 Å². The maximum atomic E-state index is 13.1. The van der Waals surface area contributed by atoms with E-state index >= 15 is 0 Å². The molecule has 2 rings (SSSR count). The zero-order valence-corrected chi connectivity index (χ0v) is 9.64. The minimum Gasteiger partial charge on any atom is -0.375 e. The summed E-state index contributed by atoms with van der Waals surface area (Å²) in [5.41, 5.74) is -2.74. The van der Waals surface area contributed by atoms with Crippen LogP contribution in [0.15, 0.2) is 17.3 Å². The molecule has 1 aromatic heterocycles. The Morgan fingerprint density at radius 2 is 1.82 bits per heavy atom. The fraction of sp³-hybridized carbons (Fsp3) is 0.333. The van der Waals surface area contributed by atoms with Crippen LogP contribution in [0.1, 0.15) is 12.0 Å². The summed E-state index contributed by atoms with van der Waals surface area (Å²) in [6.07, 6.45) is -4.00. The summed E-state index contributed by atoms with van der Waals surface area (Å²) < 4.78 is 39.2. The Morgan fingerprint density at radius 3 is 2.24 bits per heavy atom. The molecule has 0 saturated heterocycles. The molecule has 1 unspecified atom stereocenters. The maximum Gasteiger partial charge on any atom is 0.435 e. The Kier molecular flexibility index (Phi) is 2.95. The maximum absolute atomic E-state index is 13.1. The van der Waals surface area contributed by atoms with Crippen LogP contribution in [0.4, 0.5) is 13.2 Å². The predicted molar refractivity (Wildman–Crippen MR) is 56.2 cm³/mol. The van der Waals surface area contributed by atoms with Gasteiger partial charge in [0.1, 0.15) is 10.3 Å². The second-order valence-corrected chi connectivity index (χ2v) is 4.18. The first-order valence-corrected chi connectivity index (χ1v) is 5.21. The summed E-state index contributed by atoms with van der Waals surface area (Å²) in [4.78, 5) is 8.09. The van der Waals surface area contributed by atoms with Crippen molar-refractivity contribution >= 4 is 29.4 Å². The molecule has 0 N–H and O–H groups in total. The first-order valence-electron chi connectivity index (χ1n) is 4.45. The SMILES string of the molecule is FC(F)(F)C1(c2cc(Cl)nc(Cl)c2)CC=NO1. The van der Waals surface area contributed by atoms with Gasteiger partial charge in [-0.3, -0.25) is 0 Å². The first kappa shape index (κ1) is 12.4. The molecule has 92 valence electrons. The largest absolute Gasteiger partial charge is 0.435 e. The molecule has 0 spiro atoms. The van der Waals surface area contributed by atoms with Crippen molar-refractivity contribution in [2.45, 2.75) is 18.2 Å². The van der Waals surface area contributed by atoms with E-state index in [0.717, 1.165) is 18.3 Å². The Labute approximate surface area is 104 Å². The molecule has 2 heterocycles. The van der Waals surface area contributed by atoms with Crippen LogP contribution >= 0.6 is 23.2 Å². The lowest BCUT2D eigenvalue weighted by Crippen LogP contribution is -2.42. The van der Waals surface area contributed by atoms with Gasteiger partial charge in [-0.25, -0.2) is 4.98 Å². The van der Waals surface area contributed by atoms with E-state index in [1.54, 1.807) is 0 Å². The summed E-state index contributed by atoms with van der Waals surface area (Å²) in [6, 6.07) is 2.13. The van der Waals surface area contributed by atoms with Gasteiger partial charge in [0.25, 0.3) is 5.60 Å². The molecule has 0 fully saturated rings. The van der Waals surface area contributed by atoms with E-state index in [1.807, 2.05) is 0 Å². The van der Waals surface area contributed by atoms with Crippen LogP contribution in [0, 0.1) is 0 Å². The van der Waals surface area contributed by atoms with E-state index in [2.05, 4.69) is 15.0 Å². The second-order valence-electron chi connectivity index (χ2n) is 3.41. The monoisotopic (exact) mass is 284 g/mol. The van der Waals surface area contributed by atoms with Crippen molar-refractivity contribution in [2.24, 2.45) is 5.16 Å². The van der Waals surface area contributed by atoms with Crippen molar-refractivity contribution in [3.05, 3.63) is 28.0 Å². The highest BCUT2D eigenvalue weighted by molar-refractivity contribution is 6.32. The molecule has 0 amide bonds. The number of halogens is 5. The number of alkyl halides is 3. The molecular weight excluding hydrogens is 280 g/mol. The molecule has 1 atom stereocenters. The van der Waals surface area contributed by atoms with Crippen LogP contribution in [0.3, 0.4) is 0 Å². The van der Waals surface area contributed by atoms with Gasteiger partial charge in [0.05, 0.1) is 0 Å². The van der Waals surface area contributed by atoms with Crippen LogP contribution < -0.4 is 0 Å². The van der Waals surface area contributed by atoms with Crippen molar-refractivity contribution in [2.75, 3.05) is 0 Å². The number of aromatic nitrogens is 1. The molecule has 1 aliphatic rings. The van der Waals surface area contributed by atoms with Crippen molar-refractivity contribution in [1.82, 2.24) is 4.98 Å². The van der Waals surface area contributed by atoms with Gasteiger partial charge in [0.15, 0.2) is 0 Å². The fourth-order valence-electron chi connectivity index (χ4n) is 1.53. The summed E-state index contributed by atoms with van der Waals surface area (Å²) in [6.45, 7) is 0. The summed E-state index contributed by atoms with van der Waals surface area (Å²) >= 11 is 11.2. The number of oxime groups is 1.